The van der Waals surface area contributed by atoms with Crippen LogP contribution in [-0.2, 0) is 10.2 Å². The molecule has 1 aromatic carbocycles. The summed E-state index contributed by atoms with van der Waals surface area (Å²) in [4.78, 5) is 16.2. The van der Waals surface area contributed by atoms with Crippen molar-refractivity contribution in [1.82, 2.24) is 0 Å². The monoisotopic (exact) mass is 233 g/mol. The first kappa shape index (κ1) is 12.0. The molecule has 0 aliphatic heterocycles. The van der Waals surface area contributed by atoms with Gasteiger partial charge in [0.1, 0.15) is 11.6 Å². The Morgan fingerprint density at radius 2 is 2.00 bits per heavy atom. The van der Waals surface area contributed by atoms with E-state index in [2.05, 4.69) is 4.99 Å². The topological polar surface area (TPSA) is 29.4 Å². The first-order valence-corrected chi connectivity index (χ1v) is 5.92. The predicted molar refractivity (Wildman–Crippen MR) is 66.0 cm³/mol. The Labute approximate surface area is 101 Å². The standard InChI is InChI=1S/C14H16FNO/c1-16-10-14(9-3-2-4-13(14)17)11-5-7-12(15)8-6-11/h5-8,10H,2-4,9H2,1H3/b16-10+/t14-/m0/s1. The van der Waals surface area contributed by atoms with Gasteiger partial charge >= 0.3 is 0 Å². The van der Waals surface area contributed by atoms with E-state index in [1.807, 2.05) is 0 Å². The molecule has 2 nitrogen and oxygen atoms in total. The number of halogens is 1. The lowest BCUT2D eigenvalue weighted by atomic mass is 9.69. The van der Waals surface area contributed by atoms with Gasteiger partial charge in [0.15, 0.2) is 0 Å². The third kappa shape index (κ3) is 2.14. The van der Waals surface area contributed by atoms with Crippen LogP contribution in [0.4, 0.5) is 4.39 Å². The Hall–Kier alpha value is -1.51. The molecule has 90 valence electrons. The number of hydrogen-bond donors (Lipinski definition) is 0. The van der Waals surface area contributed by atoms with Crippen molar-refractivity contribution >= 4 is 12.0 Å². The van der Waals surface area contributed by atoms with Crippen LogP contribution in [0.15, 0.2) is 29.3 Å². The molecule has 1 atom stereocenters. The molecule has 1 aliphatic carbocycles. The number of carbonyl (C=O) groups excluding carboxylic acids is 1. The fourth-order valence-electron chi connectivity index (χ4n) is 2.54. The number of rotatable bonds is 2. The number of carbonyl (C=O) groups is 1. The molecule has 0 aromatic heterocycles. The molecule has 0 radical (unpaired) electrons. The highest BCUT2D eigenvalue weighted by atomic mass is 19.1. The highest BCUT2D eigenvalue weighted by Crippen LogP contribution is 2.35. The molecule has 3 heteroatoms. The fraction of sp³-hybridized carbons (Fsp3) is 0.429. The normalized spacial score (nSPS) is 25.4. The van der Waals surface area contributed by atoms with Gasteiger partial charge in [0.25, 0.3) is 0 Å². The van der Waals surface area contributed by atoms with E-state index in [9.17, 15) is 9.18 Å². The molecule has 1 aromatic rings. The van der Waals surface area contributed by atoms with Crippen molar-refractivity contribution in [3.63, 3.8) is 0 Å². The average Bonchev–Trinajstić information content (AvgIpc) is 2.33. The number of hydrogen-bond acceptors (Lipinski definition) is 2. The second-order valence-corrected chi connectivity index (χ2v) is 4.50. The van der Waals surface area contributed by atoms with Crippen molar-refractivity contribution in [2.24, 2.45) is 4.99 Å². The van der Waals surface area contributed by atoms with Gasteiger partial charge in [-0.2, -0.15) is 0 Å². The molecular weight excluding hydrogens is 217 g/mol. The average molecular weight is 233 g/mol. The van der Waals surface area contributed by atoms with Gasteiger partial charge in [0.05, 0.1) is 5.41 Å². The lowest BCUT2D eigenvalue weighted by Crippen LogP contribution is -2.40. The van der Waals surface area contributed by atoms with Crippen LogP contribution in [0.1, 0.15) is 31.2 Å². The van der Waals surface area contributed by atoms with Crippen LogP contribution in [0.3, 0.4) is 0 Å². The van der Waals surface area contributed by atoms with Crippen LogP contribution < -0.4 is 0 Å². The zero-order chi connectivity index (χ0) is 12.3. The molecule has 0 spiro atoms. The first-order valence-electron chi connectivity index (χ1n) is 5.92. The maximum absolute atomic E-state index is 12.9. The van der Waals surface area contributed by atoms with Gasteiger partial charge < -0.3 is 0 Å². The summed E-state index contributed by atoms with van der Waals surface area (Å²) in [5, 5.41) is 0. The SMILES string of the molecule is C/N=C/[C@]1(c2ccc(F)cc2)CCCCC1=O. The second-order valence-electron chi connectivity index (χ2n) is 4.50. The largest absolute Gasteiger partial charge is 0.299 e. The van der Waals surface area contributed by atoms with Gasteiger partial charge in [-0.05, 0) is 30.5 Å². The highest BCUT2D eigenvalue weighted by Gasteiger charge is 2.39. The maximum atomic E-state index is 12.9. The van der Waals surface area contributed by atoms with Crippen LogP contribution >= 0.6 is 0 Å². The molecule has 1 aliphatic rings. The Kier molecular flexibility index (Phi) is 3.36. The van der Waals surface area contributed by atoms with Crippen molar-refractivity contribution in [3.05, 3.63) is 35.6 Å². The van der Waals surface area contributed by atoms with Gasteiger partial charge in [-0.25, -0.2) is 4.39 Å². The number of aliphatic imine (C=N–C) groups is 1. The molecular formula is C14H16FNO. The van der Waals surface area contributed by atoms with Crippen LogP contribution in [0.25, 0.3) is 0 Å². The minimum atomic E-state index is -0.624. The summed E-state index contributed by atoms with van der Waals surface area (Å²) in [6.45, 7) is 0. The summed E-state index contributed by atoms with van der Waals surface area (Å²) in [5.41, 5.74) is 0.231. The summed E-state index contributed by atoms with van der Waals surface area (Å²) in [6.07, 6.45) is 5.04. The van der Waals surface area contributed by atoms with Crippen molar-refractivity contribution in [3.8, 4) is 0 Å². The van der Waals surface area contributed by atoms with Gasteiger partial charge in [-0.3, -0.25) is 9.79 Å². The maximum Gasteiger partial charge on any atom is 0.148 e. The van der Waals surface area contributed by atoms with E-state index >= 15 is 0 Å². The van der Waals surface area contributed by atoms with Crippen molar-refractivity contribution in [2.45, 2.75) is 31.1 Å². The summed E-state index contributed by atoms with van der Waals surface area (Å²) in [6, 6.07) is 6.20. The minimum absolute atomic E-state index is 0.195. The van der Waals surface area contributed by atoms with E-state index in [1.165, 1.54) is 12.1 Å². The lowest BCUT2D eigenvalue weighted by Gasteiger charge is -2.32. The van der Waals surface area contributed by atoms with Gasteiger partial charge in [-0.1, -0.05) is 18.6 Å². The van der Waals surface area contributed by atoms with Crippen molar-refractivity contribution < 1.29 is 9.18 Å². The number of benzene rings is 1. The molecule has 0 unspecified atom stereocenters. The van der Waals surface area contributed by atoms with E-state index in [0.717, 1.165) is 24.8 Å². The Bertz CT molecular complexity index is 438. The van der Waals surface area contributed by atoms with E-state index < -0.39 is 5.41 Å². The zero-order valence-corrected chi connectivity index (χ0v) is 9.95. The number of ketones is 1. The fourth-order valence-corrected chi connectivity index (χ4v) is 2.54. The molecule has 2 rings (SSSR count). The molecule has 0 saturated heterocycles. The van der Waals surface area contributed by atoms with Gasteiger partial charge in [0, 0.05) is 19.7 Å². The molecule has 17 heavy (non-hydrogen) atoms. The first-order chi connectivity index (χ1) is 8.19. The Balaban J connectivity index is 2.46. The number of Topliss-reactive ketones (excluding diaryl/α,β-unsaturated/α-hetero) is 1. The Morgan fingerprint density at radius 3 is 2.59 bits per heavy atom. The third-order valence-corrected chi connectivity index (χ3v) is 3.43. The summed E-state index contributed by atoms with van der Waals surface area (Å²) in [7, 11) is 1.67. The third-order valence-electron chi connectivity index (χ3n) is 3.43. The van der Waals surface area contributed by atoms with Crippen LogP contribution in [0.2, 0.25) is 0 Å². The lowest BCUT2D eigenvalue weighted by molar-refractivity contribution is -0.123. The van der Waals surface area contributed by atoms with E-state index in [0.29, 0.717) is 6.42 Å². The Morgan fingerprint density at radius 1 is 1.29 bits per heavy atom. The molecule has 1 fully saturated rings. The van der Waals surface area contributed by atoms with Crippen molar-refractivity contribution in [2.75, 3.05) is 7.05 Å². The predicted octanol–water partition coefficient (Wildman–Crippen LogP) is 2.91. The zero-order valence-electron chi connectivity index (χ0n) is 9.95. The van der Waals surface area contributed by atoms with Crippen LogP contribution in [-0.4, -0.2) is 19.0 Å². The van der Waals surface area contributed by atoms with E-state index in [1.54, 1.807) is 25.4 Å². The van der Waals surface area contributed by atoms with E-state index in [-0.39, 0.29) is 11.6 Å². The molecule has 0 heterocycles. The summed E-state index contributed by atoms with van der Waals surface area (Å²) >= 11 is 0. The van der Waals surface area contributed by atoms with Gasteiger partial charge in [0.2, 0.25) is 0 Å². The molecule has 0 N–H and O–H groups in total. The smallest absolute Gasteiger partial charge is 0.148 e. The quantitative estimate of drug-likeness (QED) is 0.722. The number of nitrogens with zero attached hydrogens (tertiary/aromatic N) is 1. The molecule has 1 saturated carbocycles. The van der Waals surface area contributed by atoms with Crippen LogP contribution in [0, 0.1) is 5.82 Å². The van der Waals surface area contributed by atoms with E-state index in [4.69, 9.17) is 0 Å². The molecule has 0 bridgehead atoms. The highest BCUT2D eigenvalue weighted by molar-refractivity contribution is 6.06. The van der Waals surface area contributed by atoms with Crippen LogP contribution in [0.5, 0.6) is 0 Å². The van der Waals surface area contributed by atoms with Gasteiger partial charge in [-0.15, -0.1) is 0 Å². The summed E-state index contributed by atoms with van der Waals surface area (Å²) in [5.74, 6) is -0.0819. The second kappa shape index (κ2) is 4.78. The molecule has 0 amide bonds. The minimum Gasteiger partial charge on any atom is -0.299 e. The van der Waals surface area contributed by atoms with Crippen molar-refractivity contribution in [1.29, 1.82) is 0 Å². The summed E-state index contributed by atoms with van der Waals surface area (Å²) < 4.78 is 12.9.